The first-order valence-electron chi connectivity index (χ1n) is 9.88. The Morgan fingerprint density at radius 3 is 2.03 bits per heavy atom. The van der Waals surface area contributed by atoms with Crippen molar-refractivity contribution in [1.29, 1.82) is 0 Å². The van der Waals surface area contributed by atoms with E-state index in [4.69, 9.17) is 0 Å². The van der Waals surface area contributed by atoms with Crippen molar-refractivity contribution < 1.29 is 49.0 Å². The Bertz CT molecular complexity index is 1170. The summed E-state index contributed by atoms with van der Waals surface area (Å²) in [5.74, 6) is 0. The first-order chi connectivity index (χ1) is 14.0. The van der Waals surface area contributed by atoms with Crippen LogP contribution in [0.3, 0.4) is 0 Å². The molecule has 0 radical (unpaired) electrons. The molecule has 0 nitrogen and oxygen atoms in total. The van der Waals surface area contributed by atoms with Gasteiger partial charge < -0.3 is 24.8 Å². The Balaban J connectivity index is 0.000000274. The zero-order valence-corrected chi connectivity index (χ0v) is 22.0. The van der Waals surface area contributed by atoms with Crippen molar-refractivity contribution in [3.8, 4) is 11.1 Å². The Morgan fingerprint density at radius 2 is 1.35 bits per heavy atom. The van der Waals surface area contributed by atoms with Crippen LogP contribution in [0.25, 0.3) is 32.7 Å². The Hall–Kier alpha value is -1.79. The van der Waals surface area contributed by atoms with Gasteiger partial charge in [-0.25, -0.2) is 0 Å². The second kappa shape index (κ2) is 13.6. The molecule has 0 aromatic heterocycles. The van der Waals surface area contributed by atoms with Gasteiger partial charge in [0.2, 0.25) is 0 Å². The molecule has 0 bridgehead atoms. The number of rotatable bonds is 1. The van der Waals surface area contributed by atoms with Gasteiger partial charge in [0.25, 0.3) is 0 Å². The Morgan fingerprint density at radius 1 is 0.742 bits per heavy atom. The minimum absolute atomic E-state index is 0. The summed E-state index contributed by atoms with van der Waals surface area (Å²) in [7, 11) is 0. The first-order valence-corrected chi connectivity index (χ1v) is 11.1. The fourth-order valence-corrected chi connectivity index (χ4v) is 3.32. The van der Waals surface area contributed by atoms with E-state index in [0.29, 0.717) is 0 Å². The molecule has 0 heterocycles. The molecular formula is C28H26Cl2Zr-2. The zero-order valence-electron chi connectivity index (χ0n) is 18.1. The molecule has 0 fully saturated rings. The van der Waals surface area contributed by atoms with Crippen LogP contribution in [-0.4, -0.2) is 3.21 Å². The molecule has 0 atom stereocenters. The van der Waals surface area contributed by atoms with Crippen LogP contribution in [0.2, 0.25) is 0 Å². The average Bonchev–Trinajstić information content (AvgIpc) is 3.34. The molecule has 0 saturated carbocycles. The van der Waals surface area contributed by atoms with E-state index in [1.54, 1.807) is 24.2 Å². The summed E-state index contributed by atoms with van der Waals surface area (Å²) in [5, 5.41) is 5.35. The van der Waals surface area contributed by atoms with E-state index < -0.39 is 0 Å². The molecule has 158 valence electrons. The van der Waals surface area contributed by atoms with Crippen molar-refractivity contribution in [1.82, 2.24) is 0 Å². The third kappa shape index (κ3) is 8.00. The average molecular weight is 525 g/mol. The SMILES string of the molecule is C[C](C)=[Zr+2].Cc1cc2c(-c3ccccc3)cccc2[cH-]1.[Cl-].[Cl-].c1ccc2[cH-]ccc2c1. The number of halogens is 2. The maximum absolute atomic E-state index is 2.26. The van der Waals surface area contributed by atoms with E-state index in [1.807, 2.05) is 0 Å². The molecule has 3 heteroatoms. The van der Waals surface area contributed by atoms with E-state index in [-0.39, 0.29) is 24.8 Å². The summed E-state index contributed by atoms with van der Waals surface area (Å²) in [4.78, 5) is 0. The van der Waals surface area contributed by atoms with Crippen molar-refractivity contribution in [3.05, 3.63) is 109 Å². The third-order valence-electron chi connectivity index (χ3n) is 4.53. The van der Waals surface area contributed by atoms with Crippen molar-refractivity contribution in [2.24, 2.45) is 0 Å². The van der Waals surface area contributed by atoms with E-state index in [0.717, 1.165) is 0 Å². The third-order valence-corrected chi connectivity index (χ3v) is 4.53. The second-order valence-electron chi connectivity index (χ2n) is 7.36. The largest absolute Gasteiger partial charge is 1.00 e. The summed E-state index contributed by atoms with van der Waals surface area (Å²) < 4.78 is 1.51. The monoisotopic (exact) mass is 522 g/mol. The van der Waals surface area contributed by atoms with Crippen LogP contribution in [0.4, 0.5) is 0 Å². The van der Waals surface area contributed by atoms with Crippen LogP contribution in [0.15, 0.2) is 103 Å². The molecule has 0 N–H and O–H groups in total. The summed E-state index contributed by atoms with van der Waals surface area (Å²) >= 11 is 1.55. The van der Waals surface area contributed by atoms with Crippen molar-refractivity contribution in [2.75, 3.05) is 0 Å². The van der Waals surface area contributed by atoms with Gasteiger partial charge in [-0.15, -0.1) is 64.2 Å². The van der Waals surface area contributed by atoms with Gasteiger partial charge in [-0.05, 0) is 5.56 Å². The van der Waals surface area contributed by atoms with Gasteiger partial charge in [-0.1, -0.05) is 55.0 Å². The van der Waals surface area contributed by atoms with Crippen LogP contribution in [-0.2, 0) is 24.2 Å². The van der Waals surface area contributed by atoms with Crippen molar-refractivity contribution >= 4 is 24.8 Å². The van der Waals surface area contributed by atoms with E-state index in [2.05, 4.69) is 124 Å². The predicted octanol–water partition coefficient (Wildman–Crippen LogP) is 1.85. The predicted molar refractivity (Wildman–Crippen MR) is 126 cm³/mol. The topological polar surface area (TPSA) is 0 Å². The molecule has 5 rings (SSSR count). The molecule has 0 aliphatic carbocycles. The van der Waals surface area contributed by atoms with Crippen LogP contribution in [0.5, 0.6) is 0 Å². The maximum atomic E-state index is 2.26. The molecule has 0 amide bonds. The molecule has 5 aromatic carbocycles. The minimum Gasteiger partial charge on any atom is -1.00 e. The standard InChI is InChI=1S/C16H13.C9H7.C3H6.2ClH.Zr/c1-12-10-14-8-5-9-15(16(14)11-12)13-6-3-2-4-7-13;1-2-5-9-7-3-6-8(9)4-1;1-3-2;;;/h2-11H,1H3;1-7H;1-2H3;2*1H;/q2*-1;;;;+2/p-2. The van der Waals surface area contributed by atoms with Gasteiger partial charge in [0.05, 0.1) is 0 Å². The number of fused-ring (bicyclic) bond motifs is 2. The van der Waals surface area contributed by atoms with Gasteiger partial charge in [-0.3, -0.25) is 0 Å². The van der Waals surface area contributed by atoms with E-state index in [1.165, 1.54) is 41.4 Å². The summed E-state index contributed by atoms with van der Waals surface area (Å²) in [6.45, 7) is 6.39. The van der Waals surface area contributed by atoms with Crippen molar-refractivity contribution in [3.63, 3.8) is 0 Å². The maximum Gasteiger partial charge on any atom is -0.0279 e. The van der Waals surface area contributed by atoms with Gasteiger partial charge in [0, 0.05) is 0 Å². The number of aryl methyl sites for hydroxylation is 1. The molecule has 5 aromatic rings. The fourth-order valence-electron chi connectivity index (χ4n) is 3.32. The summed E-state index contributed by atoms with van der Waals surface area (Å²) in [6, 6.07) is 36.2. The smallest absolute Gasteiger partial charge is 0.0279 e. The number of hydrogen-bond donors (Lipinski definition) is 0. The molecule has 0 saturated heterocycles. The first kappa shape index (κ1) is 27.2. The van der Waals surface area contributed by atoms with Gasteiger partial charge in [0.15, 0.2) is 0 Å². The zero-order chi connectivity index (χ0) is 20.6. The molecule has 31 heavy (non-hydrogen) atoms. The molecule has 0 spiro atoms. The molecule has 0 aliphatic heterocycles. The molecule has 0 unspecified atom stereocenters. The second-order valence-corrected chi connectivity index (χ2v) is 9.82. The summed E-state index contributed by atoms with van der Waals surface area (Å²) in [5.41, 5.74) is 3.95. The van der Waals surface area contributed by atoms with E-state index >= 15 is 0 Å². The molecule has 0 aliphatic rings. The van der Waals surface area contributed by atoms with Crippen LogP contribution >= 0.6 is 0 Å². The van der Waals surface area contributed by atoms with Gasteiger partial charge >= 0.3 is 41.3 Å². The van der Waals surface area contributed by atoms with Gasteiger partial charge in [-0.2, -0.15) is 23.6 Å². The normalized spacial score (nSPS) is 9.45. The van der Waals surface area contributed by atoms with E-state index in [9.17, 15) is 0 Å². The number of hydrogen-bond acceptors (Lipinski definition) is 0. The van der Waals surface area contributed by atoms with Crippen LogP contribution in [0, 0.1) is 6.92 Å². The number of benzene rings is 3. The van der Waals surface area contributed by atoms with Crippen molar-refractivity contribution in [2.45, 2.75) is 20.8 Å². The summed E-state index contributed by atoms with van der Waals surface area (Å²) in [6.07, 6.45) is 0. The van der Waals surface area contributed by atoms with Gasteiger partial charge in [0.1, 0.15) is 0 Å². The van der Waals surface area contributed by atoms with Crippen LogP contribution in [0.1, 0.15) is 19.4 Å². The molecular weight excluding hydrogens is 498 g/mol. The fraction of sp³-hybridized carbons (Fsp3) is 0.107. The Labute approximate surface area is 213 Å². The minimum atomic E-state index is 0. The Kier molecular flexibility index (Phi) is 11.9. The quantitative estimate of drug-likeness (QED) is 0.294. The van der Waals surface area contributed by atoms with Crippen LogP contribution < -0.4 is 24.8 Å².